The van der Waals surface area contributed by atoms with E-state index in [-0.39, 0.29) is 5.78 Å². The Balaban J connectivity index is 1.98. The molecule has 0 unspecified atom stereocenters. The number of aliphatic hydroxyl groups excluding tert-OH is 1. The zero-order valence-corrected chi connectivity index (χ0v) is 9.28. The van der Waals surface area contributed by atoms with E-state index in [0.29, 0.717) is 11.6 Å². The molecule has 16 heavy (non-hydrogen) atoms. The largest absolute Gasteiger partial charge is 0.388 e. The Morgan fingerprint density at radius 2 is 1.88 bits per heavy atom. The summed E-state index contributed by atoms with van der Waals surface area (Å²) in [7, 11) is 0. The van der Waals surface area contributed by atoms with E-state index in [1.807, 2.05) is 12.1 Å². The molecule has 0 aliphatic heterocycles. The standard InChI is InChI=1S/C13H17NO2/c15-9-13(16)10-5-7-12(8-6-10)14-11-3-1-2-4-11/h5-8,11,14-15H,1-4,9H2. The van der Waals surface area contributed by atoms with Gasteiger partial charge in [-0.3, -0.25) is 4.79 Å². The molecule has 2 N–H and O–H groups in total. The number of aliphatic hydroxyl groups is 1. The Bertz CT molecular complexity index is 353. The van der Waals surface area contributed by atoms with E-state index in [1.165, 1.54) is 25.7 Å². The first kappa shape index (κ1) is 11.1. The van der Waals surface area contributed by atoms with Crippen LogP contribution in [0.1, 0.15) is 36.0 Å². The quantitative estimate of drug-likeness (QED) is 0.763. The summed E-state index contributed by atoms with van der Waals surface area (Å²) in [5.41, 5.74) is 1.63. The fourth-order valence-corrected chi connectivity index (χ4v) is 2.15. The molecule has 0 amide bonds. The number of benzene rings is 1. The van der Waals surface area contributed by atoms with E-state index in [9.17, 15) is 4.79 Å². The molecule has 1 saturated carbocycles. The minimum absolute atomic E-state index is 0.229. The topological polar surface area (TPSA) is 49.3 Å². The number of hydrogen-bond acceptors (Lipinski definition) is 3. The Morgan fingerprint density at radius 1 is 1.25 bits per heavy atom. The van der Waals surface area contributed by atoms with Gasteiger partial charge in [0, 0.05) is 17.3 Å². The number of Topliss-reactive ketones (excluding diaryl/α,β-unsaturated/α-hetero) is 1. The number of carbonyl (C=O) groups excluding carboxylic acids is 1. The van der Waals surface area contributed by atoms with Gasteiger partial charge in [-0.05, 0) is 37.1 Å². The lowest BCUT2D eigenvalue weighted by molar-refractivity contribution is 0.0904. The number of carbonyl (C=O) groups is 1. The van der Waals surface area contributed by atoms with Gasteiger partial charge >= 0.3 is 0 Å². The minimum atomic E-state index is -0.421. The molecule has 1 aromatic rings. The molecule has 0 saturated heterocycles. The lowest BCUT2D eigenvalue weighted by Gasteiger charge is -2.13. The highest BCUT2D eigenvalue weighted by molar-refractivity contribution is 5.97. The molecule has 3 nitrogen and oxygen atoms in total. The highest BCUT2D eigenvalue weighted by atomic mass is 16.3. The van der Waals surface area contributed by atoms with E-state index in [1.54, 1.807) is 12.1 Å². The normalized spacial score (nSPS) is 16.3. The molecule has 1 aliphatic carbocycles. The van der Waals surface area contributed by atoms with Gasteiger partial charge in [-0.1, -0.05) is 12.8 Å². The summed E-state index contributed by atoms with van der Waals surface area (Å²) in [6.45, 7) is -0.421. The van der Waals surface area contributed by atoms with Crippen LogP contribution < -0.4 is 5.32 Å². The number of nitrogens with one attached hydrogen (secondary N) is 1. The molecule has 0 radical (unpaired) electrons. The van der Waals surface area contributed by atoms with Gasteiger partial charge < -0.3 is 10.4 Å². The minimum Gasteiger partial charge on any atom is -0.388 e. The molecule has 86 valence electrons. The Morgan fingerprint density at radius 3 is 2.44 bits per heavy atom. The number of rotatable bonds is 4. The lowest BCUT2D eigenvalue weighted by atomic mass is 10.1. The third kappa shape index (κ3) is 2.61. The van der Waals surface area contributed by atoms with Crippen LogP contribution in [-0.2, 0) is 0 Å². The first-order chi connectivity index (χ1) is 7.79. The van der Waals surface area contributed by atoms with Crippen molar-refractivity contribution in [2.45, 2.75) is 31.7 Å². The highest BCUT2D eigenvalue weighted by Gasteiger charge is 2.14. The van der Waals surface area contributed by atoms with E-state index in [2.05, 4.69) is 5.32 Å². The van der Waals surface area contributed by atoms with Crippen LogP contribution in [0.3, 0.4) is 0 Å². The zero-order valence-electron chi connectivity index (χ0n) is 9.28. The molecule has 0 atom stereocenters. The summed E-state index contributed by atoms with van der Waals surface area (Å²) in [6, 6.07) is 7.91. The molecule has 1 aromatic carbocycles. The van der Waals surface area contributed by atoms with E-state index in [0.717, 1.165) is 5.69 Å². The van der Waals surface area contributed by atoms with Gasteiger partial charge in [0.05, 0.1) is 0 Å². The second-order valence-corrected chi connectivity index (χ2v) is 4.28. The van der Waals surface area contributed by atoms with Gasteiger partial charge in [-0.2, -0.15) is 0 Å². The third-order valence-electron chi connectivity index (χ3n) is 3.08. The van der Waals surface area contributed by atoms with Crippen molar-refractivity contribution in [1.82, 2.24) is 0 Å². The number of ketones is 1. The molecule has 0 spiro atoms. The number of hydrogen-bond donors (Lipinski definition) is 2. The molecular weight excluding hydrogens is 202 g/mol. The maximum Gasteiger partial charge on any atom is 0.188 e. The molecule has 3 heteroatoms. The summed E-state index contributed by atoms with van der Waals surface area (Å²) < 4.78 is 0. The van der Waals surface area contributed by atoms with Gasteiger partial charge in [-0.15, -0.1) is 0 Å². The third-order valence-corrected chi connectivity index (χ3v) is 3.08. The van der Waals surface area contributed by atoms with Crippen molar-refractivity contribution in [2.24, 2.45) is 0 Å². The fraction of sp³-hybridized carbons (Fsp3) is 0.462. The second-order valence-electron chi connectivity index (χ2n) is 4.28. The Hall–Kier alpha value is -1.35. The molecule has 1 aliphatic rings. The van der Waals surface area contributed by atoms with Crippen molar-refractivity contribution >= 4 is 11.5 Å². The first-order valence-electron chi connectivity index (χ1n) is 5.80. The van der Waals surface area contributed by atoms with E-state index >= 15 is 0 Å². The van der Waals surface area contributed by atoms with Gasteiger partial charge in [0.2, 0.25) is 0 Å². The molecule has 0 bridgehead atoms. The molecule has 2 rings (SSSR count). The van der Waals surface area contributed by atoms with Crippen LogP contribution in [0.15, 0.2) is 24.3 Å². The molecular formula is C13H17NO2. The van der Waals surface area contributed by atoms with Gasteiger partial charge in [-0.25, -0.2) is 0 Å². The van der Waals surface area contributed by atoms with Crippen LogP contribution in [0.4, 0.5) is 5.69 Å². The van der Waals surface area contributed by atoms with E-state index in [4.69, 9.17) is 5.11 Å². The van der Waals surface area contributed by atoms with Crippen LogP contribution in [0.25, 0.3) is 0 Å². The summed E-state index contributed by atoms with van der Waals surface area (Å²) >= 11 is 0. The first-order valence-corrected chi connectivity index (χ1v) is 5.80. The summed E-state index contributed by atoms with van der Waals surface area (Å²) in [6.07, 6.45) is 5.08. The van der Waals surface area contributed by atoms with Crippen molar-refractivity contribution in [3.8, 4) is 0 Å². The average molecular weight is 219 g/mol. The van der Waals surface area contributed by atoms with Crippen LogP contribution in [-0.4, -0.2) is 23.5 Å². The van der Waals surface area contributed by atoms with E-state index < -0.39 is 6.61 Å². The summed E-state index contributed by atoms with van der Waals surface area (Å²) in [4.78, 5) is 11.2. The number of anilines is 1. The second kappa shape index (κ2) is 5.12. The van der Waals surface area contributed by atoms with Crippen LogP contribution in [0, 0.1) is 0 Å². The molecule has 0 aromatic heterocycles. The molecule has 0 heterocycles. The predicted octanol–water partition coefficient (Wildman–Crippen LogP) is 2.22. The smallest absolute Gasteiger partial charge is 0.188 e. The van der Waals surface area contributed by atoms with Crippen molar-refractivity contribution in [1.29, 1.82) is 0 Å². The van der Waals surface area contributed by atoms with Crippen molar-refractivity contribution < 1.29 is 9.90 Å². The van der Waals surface area contributed by atoms with Crippen LogP contribution in [0.2, 0.25) is 0 Å². The maximum absolute atomic E-state index is 11.2. The monoisotopic (exact) mass is 219 g/mol. The van der Waals surface area contributed by atoms with Crippen molar-refractivity contribution in [3.05, 3.63) is 29.8 Å². The fourth-order valence-electron chi connectivity index (χ4n) is 2.15. The van der Waals surface area contributed by atoms with Crippen LogP contribution >= 0.6 is 0 Å². The molecule has 1 fully saturated rings. The summed E-state index contributed by atoms with van der Waals surface area (Å²) in [5.74, 6) is -0.229. The average Bonchev–Trinajstić information content (AvgIpc) is 2.82. The summed E-state index contributed by atoms with van der Waals surface area (Å²) in [5, 5.41) is 12.2. The van der Waals surface area contributed by atoms with Crippen molar-refractivity contribution in [3.63, 3.8) is 0 Å². The van der Waals surface area contributed by atoms with Gasteiger partial charge in [0.15, 0.2) is 5.78 Å². The Kier molecular flexibility index (Phi) is 3.57. The predicted molar refractivity (Wildman–Crippen MR) is 63.7 cm³/mol. The SMILES string of the molecule is O=C(CO)c1ccc(NC2CCCC2)cc1. The maximum atomic E-state index is 11.2. The highest BCUT2D eigenvalue weighted by Crippen LogP contribution is 2.22. The zero-order chi connectivity index (χ0) is 11.4. The van der Waals surface area contributed by atoms with Gasteiger partial charge in [0.25, 0.3) is 0 Å². The van der Waals surface area contributed by atoms with Crippen molar-refractivity contribution in [2.75, 3.05) is 11.9 Å². The lowest BCUT2D eigenvalue weighted by Crippen LogP contribution is -2.14. The van der Waals surface area contributed by atoms with Gasteiger partial charge in [0.1, 0.15) is 6.61 Å². The van der Waals surface area contributed by atoms with Crippen LogP contribution in [0.5, 0.6) is 0 Å². The Labute approximate surface area is 95.5 Å².